The summed E-state index contributed by atoms with van der Waals surface area (Å²) in [6.45, 7) is 3.44. The van der Waals surface area contributed by atoms with Gasteiger partial charge in [0.25, 0.3) is 0 Å². The molecule has 30 heavy (non-hydrogen) atoms. The van der Waals surface area contributed by atoms with E-state index in [1.54, 1.807) is 17.5 Å². The van der Waals surface area contributed by atoms with Crippen molar-refractivity contribution < 1.29 is 14.0 Å². The minimum absolute atomic E-state index is 0.128. The van der Waals surface area contributed by atoms with Gasteiger partial charge in [0.2, 0.25) is 16.9 Å². The van der Waals surface area contributed by atoms with Gasteiger partial charge in [-0.3, -0.25) is 19.8 Å². The zero-order valence-electron chi connectivity index (χ0n) is 16.5. The molecule has 0 saturated carbocycles. The first-order valence-electron chi connectivity index (χ1n) is 9.30. The van der Waals surface area contributed by atoms with E-state index in [4.69, 9.17) is 0 Å². The number of unbranched alkanes of at least 4 members (excludes halogenated alkanes) is 1. The third kappa shape index (κ3) is 5.55. The maximum Gasteiger partial charge on any atom is 0.250 e. The maximum absolute atomic E-state index is 14.1. The van der Waals surface area contributed by atoms with E-state index in [1.165, 1.54) is 58.8 Å². The van der Waals surface area contributed by atoms with Crippen molar-refractivity contribution in [2.24, 2.45) is 0 Å². The van der Waals surface area contributed by atoms with Crippen molar-refractivity contribution >= 4 is 56.5 Å². The fraction of sp³-hybridized carbons (Fsp3) is 0.250. The highest BCUT2D eigenvalue weighted by Gasteiger charge is 2.20. The Morgan fingerprint density at radius 1 is 1.27 bits per heavy atom. The van der Waals surface area contributed by atoms with Gasteiger partial charge in [0, 0.05) is 24.8 Å². The number of hydrogen-bond acceptors (Lipinski definition) is 7. The van der Waals surface area contributed by atoms with Gasteiger partial charge < -0.3 is 0 Å². The van der Waals surface area contributed by atoms with Gasteiger partial charge in [0.05, 0.1) is 11.4 Å². The Kier molecular flexibility index (Phi) is 7.36. The SMILES string of the molecule is CCCCc1nnc(NC(=O)/C=C/c2csc(N(C(C)=O)c3ccccc3F)n2)s1. The molecule has 0 atom stereocenters. The molecule has 0 unspecified atom stereocenters. The summed E-state index contributed by atoms with van der Waals surface area (Å²) >= 11 is 2.53. The van der Waals surface area contributed by atoms with Crippen molar-refractivity contribution in [2.75, 3.05) is 10.2 Å². The standard InChI is InChI=1S/C20H20FN5O2S2/c1-3-4-9-18-24-25-19(30-18)23-17(28)11-10-14-12-29-20(22-14)26(13(2)27)16-8-6-5-7-15(16)21/h5-8,10-12H,3-4,9H2,1-2H3,(H,23,25,28)/b11-10+. The monoisotopic (exact) mass is 445 g/mol. The summed E-state index contributed by atoms with van der Waals surface area (Å²) in [7, 11) is 0. The zero-order valence-corrected chi connectivity index (χ0v) is 18.1. The topological polar surface area (TPSA) is 88.1 Å². The van der Waals surface area contributed by atoms with Crippen LogP contribution in [-0.2, 0) is 16.0 Å². The van der Waals surface area contributed by atoms with Crippen LogP contribution in [0.25, 0.3) is 6.08 Å². The normalized spacial score (nSPS) is 11.0. The van der Waals surface area contributed by atoms with Gasteiger partial charge in [0.1, 0.15) is 10.8 Å². The van der Waals surface area contributed by atoms with E-state index in [0.29, 0.717) is 16.0 Å². The number of carbonyl (C=O) groups is 2. The van der Waals surface area contributed by atoms with Gasteiger partial charge in [-0.1, -0.05) is 36.8 Å². The lowest BCUT2D eigenvalue weighted by Crippen LogP contribution is -2.23. The Labute approximate surface area is 181 Å². The third-order valence-corrected chi connectivity index (χ3v) is 5.70. The number of nitrogens with zero attached hydrogens (tertiary/aromatic N) is 4. The molecule has 3 aromatic rings. The van der Waals surface area contributed by atoms with Crippen LogP contribution in [0, 0.1) is 5.82 Å². The largest absolute Gasteiger partial charge is 0.297 e. The van der Waals surface area contributed by atoms with Crippen LogP contribution in [0.15, 0.2) is 35.7 Å². The lowest BCUT2D eigenvalue weighted by Gasteiger charge is -2.18. The maximum atomic E-state index is 14.1. The van der Waals surface area contributed by atoms with Gasteiger partial charge in [-0.2, -0.15) is 0 Å². The number of aryl methyl sites for hydroxylation is 1. The molecule has 2 aromatic heterocycles. The summed E-state index contributed by atoms with van der Waals surface area (Å²) in [6, 6.07) is 5.99. The molecule has 0 radical (unpaired) electrons. The van der Waals surface area contributed by atoms with Crippen molar-refractivity contribution in [3.8, 4) is 0 Å². The number of anilines is 3. The number of halogens is 1. The molecule has 0 saturated heterocycles. The number of para-hydroxylation sites is 1. The van der Waals surface area contributed by atoms with E-state index >= 15 is 0 Å². The molecule has 0 spiro atoms. The molecule has 156 valence electrons. The van der Waals surface area contributed by atoms with E-state index < -0.39 is 5.82 Å². The molecule has 7 nitrogen and oxygen atoms in total. The third-order valence-electron chi connectivity index (χ3n) is 3.96. The van der Waals surface area contributed by atoms with E-state index in [9.17, 15) is 14.0 Å². The van der Waals surface area contributed by atoms with Gasteiger partial charge in [-0.15, -0.1) is 21.5 Å². The summed E-state index contributed by atoms with van der Waals surface area (Å²) in [5.41, 5.74) is 0.608. The van der Waals surface area contributed by atoms with Crippen LogP contribution in [0.4, 0.5) is 20.3 Å². The van der Waals surface area contributed by atoms with Crippen LogP contribution in [0.2, 0.25) is 0 Å². The zero-order chi connectivity index (χ0) is 21.5. The molecule has 1 N–H and O–H groups in total. The van der Waals surface area contributed by atoms with Gasteiger partial charge in [-0.05, 0) is 24.6 Å². The van der Waals surface area contributed by atoms with E-state index in [1.807, 2.05) is 0 Å². The second kappa shape index (κ2) is 10.2. The van der Waals surface area contributed by atoms with Crippen LogP contribution >= 0.6 is 22.7 Å². The number of nitrogens with one attached hydrogen (secondary N) is 1. The molecule has 10 heteroatoms. The van der Waals surface area contributed by atoms with Gasteiger partial charge in [0.15, 0.2) is 5.13 Å². The number of hydrogen-bond donors (Lipinski definition) is 1. The first-order valence-corrected chi connectivity index (χ1v) is 11.0. The Balaban J connectivity index is 1.67. The highest BCUT2D eigenvalue weighted by Crippen LogP contribution is 2.31. The van der Waals surface area contributed by atoms with Crippen LogP contribution in [-0.4, -0.2) is 27.0 Å². The average Bonchev–Trinajstić information content (AvgIpc) is 3.36. The molecule has 2 heterocycles. The smallest absolute Gasteiger partial charge is 0.250 e. The Hall–Kier alpha value is -2.98. The molecule has 0 fully saturated rings. The molecule has 3 rings (SSSR count). The van der Waals surface area contributed by atoms with Gasteiger partial charge in [-0.25, -0.2) is 9.37 Å². The summed E-state index contributed by atoms with van der Waals surface area (Å²) in [5.74, 6) is -1.24. The molecule has 0 bridgehead atoms. The minimum atomic E-state index is -0.519. The predicted molar refractivity (Wildman–Crippen MR) is 118 cm³/mol. The fourth-order valence-corrected chi connectivity index (χ4v) is 4.17. The van der Waals surface area contributed by atoms with Gasteiger partial charge >= 0.3 is 0 Å². The number of thiazole rings is 1. The summed E-state index contributed by atoms with van der Waals surface area (Å²) in [4.78, 5) is 29.7. The molecule has 2 amide bonds. The molecule has 0 aliphatic heterocycles. The van der Waals surface area contributed by atoms with E-state index in [0.717, 1.165) is 24.3 Å². The van der Waals surface area contributed by atoms with Crippen molar-refractivity contribution in [1.82, 2.24) is 15.2 Å². The highest BCUT2D eigenvalue weighted by molar-refractivity contribution is 7.15. The quantitative estimate of drug-likeness (QED) is 0.503. The molecular formula is C20H20FN5O2S2. The first kappa shape index (κ1) is 21.7. The molecule has 0 aliphatic rings. The summed E-state index contributed by atoms with van der Waals surface area (Å²) in [5, 5.41) is 14.0. The van der Waals surface area contributed by atoms with Crippen LogP contribution < -0.4 is 10.2 Å². The lowest BCUT2D eigenvalue weighted by atomic mass is 10.3. The number of amides is 2. The minimum Gasteiger partial charge on any atom is -0.297 e. The fourth-order valence-electron chi connectivity index (χ4n) is 2.54. The molecular weight excluding hydrogens is 425 g/mol. The van der Waals surface area contributed by atoms with Crippen LogP contribution in [0.3, 0.4) is 0 Å². The van der Waals surface area contributed by atoms with Crippen molar-refractivity contribution in [3.05, 3.63) is 52.2 Å². The predicted octanol–water partition coefficient (Wildman–Crippen LogP) is 4.81. The lowest BCUT2D eigenvalue weighted by molar-refractivity contribution is -0.116. The Morgan fingerprint density at radius 2 is 2.07 bits per heavy atom. The van der Waals surface area contributed by atoms with Crippen LogP contribution in [0.1, 0.15) is 37.4 Å². The first-order chi connectivity index (χ1) is 14.5. The highest BCUT2D eigenvalue weighted by atomic mass is 32.1. The number of rotatable bonds is 8. The number of carbonyl (C=O) groups excluding carboxylic acids is 2. The average molecular weight is 446 g/mol. The van der Waals surface area contributed by atoms with Crippen molar-refractivity contribution in [2.45, 2.75) is 33.1 Å². The van der Waals surface area contributed by atoms with Crippen LogP contribution in [0.5, 0.6) is 0 Å². The summed E-state index contributed by atoms with van der Waals surface area (Å²) in [6.07, 6.45) is 5.79. The van der Waals surface area contributed by atoms with E-state index in [2.05, 4.69) is 27.4 Å². The summed E-state index contributed by atoms with van der Waals surface area (Å²) < 4.78 is 14.1. The number of aromatic nitrogens is 3. The molecule has 0 aliphatic carbocycles. The number of benzene rings is 1. The Bertz CT molecular complexity index is 1060. The van der Waals surface area contributed by atoms with Crippen molar-refractivity contribution in [1.29, 1.82) is 0 Å². The Morgan fingerprint density at radius 3 is 2.80 bits per heavy atom. The molecule has 1 aromatic carbocycles. The van der Waals surface area contributed by atoms with E-state index in [-0.39, 0.29) is 17.5 Å². The second-order valence-electron chi connectivity index (χ2n) is 6.29. The van der Waals surface area contributed by atoms with Crippen molar-refractivity contribution in [3.63, 3.8) is 0 Å². The second-order valence-corrected chi connectivity index (χ2v) is 8.19.